The second-order valence-corrected chi connectivity index (χ2v) is 7.86. The number of methoxy groups -OCH3 is 1. The van der Waals surface area contributed by atoms with Crippen LogP contribution >= 0.6 is 0 Å². The fourth-order valence-corrected chi connectivity index (χ4v) is 3.42. The van der Waals surface area contributed by atoms with E-state index in [2.05, 4.69) is 20.7 Å². The molecule has 0 unspecified atom stereocenters. The van der Waals surface area contributed by atoms with Crippen molar-refractivity contribution in [3.05, 3.63) is 58.6 Å². The summed E-state index contributed by atoms with van der Waals surface area (Å²) in [6.07, 6.45) is 0. The molecular weight excluding hydrogens is 430 g/mol. The number of nitrogens with one attached hydrogen (secondary N) is 4. The molecule has 0 saturated carbocycles. The second-order valence-electron chi connectivity index (χ2n) is 6.09. The second kappa shape index (κ2) is 11.0. The van der Waals surface area contributed by atoms with Gasteiger partial charge in [0.15, 0.2) is 0 Å². The molecule has 0 bridgehead atoms. The van der Waals surface area contributed by atoms with Gasteiger partial charge in [-0.1, -0.05) is 6.07 Å². The number of sulfonamides is 1. The van der Waals surface area contributed by atoms with Gasteiger partial charge in [0.1, 0.15) is 6.61 Å². The van der Waals surface area contributed by atoms with E-state index in [4.69, 9.17) is 4.74 Å². The van der Waals surface area contributed by atoms with Gasteiger partial charge in [0, 0.05) is 43.7 Å². The lowest BCUT2D eigenvalue weighted by Gasteiger charge is -2.10. The number of nitrogens with zero attached hydrogens (tertiary/aromatic N) is 1. The first-order chi connectivity index (χ1) is 14.7. The average molecular weight is 451 g/mol. The third kappa shape index (κ3) is 7.65. The zero-order valence-electron chi connectivity index (χ0n) is 16.5. The predicted octanol–water partition coefficient (Wildman–Crippen LogP) is 1.28. The number of non-ortho nitro benzene ring substituents is 1. The lowest BCUT2D eigenvalue weighted by molar-refractivity contribution is -0.385. The SMILES string of the molecule is COCC(=O)Nc1ccc(NC(=O)NCCNS(=O)(=O)c2cccc([N+](=O)[O-])c2)cc1. The van der Waals surface area contributed by atoms with Crippen LogP contribution in [-0.4, -0.2) is 52.1 Å². The Labute approximate surface area is 178 Å². The van der Waals surface area contributed by atoms with Gasteiger partial charge in [0.2, 0.25) is 15.9 Å². The summed E-state index contributed by atoms with van der Waals surface area (Å²) in [7, 11) is -2.56. The van der Waals surface area contributed by atoms with Crippen LogP contribution < -0.4 is 20.7 Å². The first kappa shape index (κ1) is 23.7. The Balaban J connectivity index is 1.78. The van der Waals surface area contributed by atoms with Crippen molar-refractivity contribution in [2.75, 3.05) is 37.4 Å². The van der Waals surface area contributed by atoms with Crippen molar-refractivity contribution in [1.82, 2.24) is 10.0 Å². The van der Waals surface area contributed by atoms with Gasteiger partial charge in [0.25, 0.3) is 5.69 Å². The average Bonchev–Trinajstić information content (AvgIpc) is 2.73. The normalized spacial score (nSPS) is 10.9. The number of nitro benzene ring substituents is 1. The van der Waals surface area contributed by atoms with Crippen LogP contribution in [0.25, 0.3) is 0 Å². The monoisotopic (exact) mass is 451 g/mol. The van der Waals surface area contributed by atoms with Crippen LogP contribution in [0, 0.1) is 10.1 Å². The highest BCUT2D eigenvalue weighted by Gasteiger charge is 2.17. The molecule has 0 aliphatic rings. The van der Waals surface area contributed by atoms with E-state index in [9.17, 15) is 28.1 Å². The first-order valence-corrected chi connectivity index (χ1v) is 10.4. The molecule has 0 fully saturated rings. The van der Waals surface area contributed by atoms with Crippen LogP contribution in [-0.2, 0) is 19.6 Å². The van der Waals surface area contributed by atoms with E-state index >= 15 is 0 Å². The Morgan fingerprint density at radius 2 is 1.68 bits per heavy atom. The minimum absolute atomic E-state index is 0.0227. The number of ether oxygens (including phenoxy) is 1. The van der Waals surface area contributed by atoms with Gasteiger partial charge in [-0.2, -0.15) is 0 Å². The maximum absolute atomic E-state index is 12.2. The van der Waals surface area contributed by atoms with Crippen LogP contribution in [0.5, 0.6) is 0 Å². The largest absolute Gasteiger partial charge is 0.375 e. The number of carbonyl (C=O) groups is 2. The lowest BCUT2D eigenvalue weighted by atomic mass is 10.3. The van der Waals surface area contributed by atoms with Crippen molar-refractivity contribution in [3.63, 3.8) is 0 Å². The van der Waals surface area contributed by atoms with E-state index in [1.807, 2.05) is 0 Å². The molecule has 2 aromatic carbocycles. The molecule has 12 nitrogen and oxygen atoms in total. The van der Waals surface area contributed by atoms with Crippen molar-refractivity contribution < 1.29 is 27.7 Å². The standard InChI is InChI=1S/C18H21N5O7S/c1-30-12-17(24)21-13-5-7-14(8-6-13)22-18(25)19-9-10-20-31(28,29)16-4-2-3-15(11-16)23(26)27/h2-8,11,20H,9-10,12H2,1H3,(H,21,24)(H2,19,22,25). The van der Waals surface area contributed by atoms with Crippen molar-refractivity contribution in [1.29, 1.82) is 0 Å². The number of amides is 3. The molecule has 2 rings (SSSR count). The molecule has 2 aromatic rings. The summed E-state index contributed by atoms with van der Waals surface area (Å²) >= 11 is 0. The van der Waals surface area contributed by atoms with Crippen molar-refractivity contribution in [2.24, 2.45) is 0 Å². The number of anilines is 2. The third-order valence-electron chi connectivity index (χ3n) is 3.74. The summed E-state index contributed by atoms with van der Waals surface area (Å²) in [6, 6.07) is 10.4. The van der Waals surface area contributed by atoms with Gasteiger partial charge in [-0.3, -0.25) is 14.9 Å². The Morgan fingerprint density at radius 1 is 1.03 bits per heavy atom. The fraction of sp³-hybridized carbons (Fsp3) is 0.222. The van der Waals surface area contributed by atoms with E-state index in [1.165, 1.54) is 25.3 Å². The summed E-state index contributed by atoms with van der Waals surface area (Å²) in [4.78, 5) is 33.2. The number of hydrogen-bond donors (Lipinski definition) is 4. The van der Waals surface area contributed by atoms with Crippen LogP contribution in [0.1, 0.15) is 0 Å². The number of urea groups is 1. The smallest absolute Gasteiger partial charge is 0.319 e. The van der Waals surface area contributed by atoms with Crippen LogP contribution in [0.15, 0.2) is 53.4 Å². The van der Waals surface area contributed by atoms with Crippen LogP contribution in [0.2, 0.25) is 0 Å². The van der Waals surface area contributed by atoms with E-state index in [0.717, 1.165) is 6.07 Å². The van der Waals surface area contributed by atoms with Crippen molar-refractivity contribution in [2.45, 2.75) is 4.90 Å². The van der Waals surface area contributed by atoms with Crippen LogP contribution in [0.3, 0.4) is 0 Å². The lowest BCUT2D eigenvalue weighted by Crippen LogP contribution is -2.36. The highest BCUT2D eigenvalue weighted by Crippen LogP contribution is 2.17. The molecule has 0 saturated heterocycles. The van der Waals surface area contributed by atoms with Crippen LogP contribution in [0.4, 0.5) is 21.9 Å². The topological polar surface area (TPSA) is 169 Å². The van der Waals surface area contributed by atoms with E-state index in [-0.39, 0.29) is 36.2 Å². The number of hydrogen-bond acceptors (Lipinski definition) is 7. The highest BCUT2D eigenvalue weighted by atomic mass is 32.2. The van der Waals surface area contributed by atoms with Gasteiger partial charge in [0.05, 0.1) is 9.82 Å². The molecule has 4 N–H and O–H groups in total. The zero-order valence-corrected chi connectivity index (χ0v) is 17.3. The summed E-state index contributed by atoms with van der Waals surface area (Å²) in [5.74, 6) is -0.312. The third-order valence-corrected chi connectivity index (χ3v) is 5.20. The minimum Gasteiger partial charge on any atom is -0.375 e. The Hall–Kier alpha value is -3.55. The van der Waals surface area contributed by atoms with Gasteiger partial charge in [-0.05, 0) is 30.3 Å². The van der Waals surface area contributed by atoms with Gasteiger partial charge >= 0.3 is 6.03 Å². The highest BCUT2D eigenvalue weighted by molar-refractivity contribution is 7.89. The Kier molecular flexibility index (Phi) is 8.43. The molecule has 0 aliphatic carbocycles. The van der Waals surface area contributed by atoms with E-state index < -0.39 is 21.0 Å². The summed E-state index contributed by atoms with van der Waals surface area (Å²) in [5.41, 5.74) is 0.646. The van der Waals surface area contributed by atoms with Gasteiger partial charge < -0.3 is 20.7 Å². The molecule has 0 radical (unpaired) electrons. The molecule has 13 heteroatoms. The molecule has 3 amide bonds. The first-order valence-electron chi connectivity index (χ1n) is 8.89. The molecule has 0 heterocycles. The van der Waals surface area contributed by atoms with Crippen molar-refractivity contribution in [3.8, 4) is 0 Å². The molecular formula is C18H21N5O7S. The maximum atomic E-state index is 12.2. The molecule has 0 atom stereocenters. The molecule has 0 aliphatic heterocycles. The summed E-state index contributed by atoms with van der Waals surface area (Å²) in [5, 5.41) is 18.4. The van der Waals surface area contributed by atoms with E-state index in [0.29, 0.717) is 11.4 Å². The summed E-state index contributed by atoms with van der Waals surface area (Å²) in [6.45, 7) is -0.221. The number of nitro groups is 1. The molecule has 166 valence electrons. The number of benzene rings is 2. The maximum Gasteiger partial charge on any atom is 0.319 e. The number of rotatable bonds is 10. The quantitative estimate of drug-likeness (QED) is 0.239. The van der Waals surface area contributed by atoms with Crippen molar-refractivity contribution >= 4 is 39.0 Å². The van der Waals surface area contributed by atoms with Gasteiger partial charge in [-0.15, -0.1) is 0 Å². The molecule has 0 aromatic heterocycles. The predicted molar refractivity (Wildman–Crippen MR) is 112 cm³/mol. The minimum atomic E-state index is -3.96. The Bertz CT molecular complexity index is 1040. The fourth-order valence-electron chi connectivity index (χ4n) is 2.35. The Morgan fingerprint density at radius 3 is 2.29 bits per heavy atom. The zero-order chi connectivity index (χ0) is 22.9. The van der Waals surface area contributed by atoms with E-state index in [1.54, 1.807) is 24.3 Å². The molecule has 0 spiro atoms. The molecule has 31 heavy (non-hydrogen) atoms. The summed E-state index contributed by atoms with van der Waals surface area (Å²) < 4.78 is 31.4. The van der Waals surface area contributed by atoms with Gasteiger partial charge in [-0.25, -0.2) is 17.9 Å². The number of carbonyl (C=O) groups excluding carboxylic acids is 2.